The van der Waals surface area contributed by atoms with E-state index < -0.39 is 0 Å². The Hall–Kier alpha value is -1.39. The van der Waals surface area contributed by atoms with Crippen LogP contribution in [0, 0.1) is 11.8 Å². The summed E-state index contributed by atoms with van der Waals surface area (Å²) in [5.41, 5.74) is 7.25. The molecule has 1 amide bonds. The fourth-order valence-electron chi connectivity index (χ4n) is 3.69. The number of nitrogens with two attached hydrogens (primary N) is 1. The topological polar surface area (TPSA) is 55.6 Å². The zero-order chi connectivity index (χ0) is 15.4. The minimum absolute atomic E-state index is 0.281. The number of hydrogen-bond donors (Lipinski definition) is 1. The van der Waals surface area contributed by atoms with E-state index in [1.165, 1.54) is 5.56 Å². The lowest BCUT2D eigenvalue weighted by Gasteiger charge is -2.17. The van der Waals surface area contributed by atoms with Crippen LogP contribution >= 0.6 is 0 Å². The predicted molar refractivity (Wildman–Crippen MR) is 86.5 cm³/mol. The van der Waals surface area contributed by atoms with Crippen molar-refractivity contribution in [3.63, 3.8) is 0 Å². The monoisotopic (exact) mass is 302 g/mol. The summed E-state index contributed by atoms with van der Waals surface area (Å²) >= 11 is 0. The molecule has 0 aromatic heterocycles. The Bertz CT molecular complexity index is 485. The van der Waals surface area contributed by atoms with Crippen molar-refractivity contribution in [2.75, 3.05) is 32.8 Å². The van der Waals surface area contributed by atoms with E-state index in [0.29, 0.717) is 30.7 Å². The summed E-state index contributed by atoms with van der Waals surface area (Å²) in [7, 11) is 0. The first-order valence-corrected chi connectivity index (χ1v) is 8.38. The number of amides is 1. The van der Waals surface area contributed by atoms with Gasteiger partial charge in [0, 0.05) is 38.6 Å². The van der Waals surface area contributed by atoms with E-state index in [1.807, 2.05) is 11.0 Å². The van der Waals surface area contributed by atoms with Crippen LogP contribution in [0.15, 0.2) is 30.3 Å². The molecule has 3 rings (SSSR count). The van der Waals surface area contributed by atoms with Gasteiger partial charge in [0.1, 0.15) is 0 Å². The molecule has 1 aromatic rings. The molecule has 120 valence electrons. The lowest BCUT2D eigenvalue weighted by molar-refractivity contribution is -0.130. The average molecular weight is 302 g/mol. The number of ether oxygens (including phenoxy) is 1. The zero-order valence-electron chi connectivity index (χ0n) is 13.1. The van der Waals surface area contributed by atoms with Crippen LogP contribution in [0.2, 0.25) is 0 Å². The van der Waals surface area contributed by atoms with Crippen molar-refractivity contribution in [1.82, 2.24) is 4.90 Å². The van der Waals surface area contributed by atoms with Crippen LogP contribution in [0.5, 0.6) is 0 Å². The van der Waals surface area contributed by atoms with E-state index in [2.05, 4.69) is 24.3 Å². The molecule has 0 spiro atoms. The molecule has 4 heteroatoms. The largest absolute Gasteiger partial charge is 0.381 e. The summed E-state index contributed by atoms with van der Waals surface area (Å²) in [6.07, 6.45) is 2.71. The Kier molecular flexibility index (Phi) is 5.11. The van der Waals surface area contributed by atoms with Crippen molar-refractivity contribution in [2.24, 2.45) is 17.6 Å². The number of hydrogen-bond acceptors (Lipinski definition) is 3. The van der Waals surface area contributed by atoms with Crippen molar-refractivity contribution in [2.45, 2.75) is 25.2 Å². The van der Waals surface area contributed by atoms with Crippen molar-refractivity contribution in [3.8, 4) is 0 Å². The molecule has 2 fully saturated rings. The normalized spacial score (nSPS) is 28.2. The smallest absolute Gasteiger partial charge is 0.222 e. The van der Waals surface area contributed by atoms with Gasteiger partial charge in [-0.3, -0.25) is 4.79 Å². The molecule has 2 aliphatic rings. The van der Waals surface area contributed by atoms with Gasteiger partial charge in [-0.25, -0.2) is 0 Å². The van der Waals surface area contributed by atoms with Crippen LogP contribution in [0.4, 0.5) is 0 Å². The first-order valence-electron chi connectivity index (χ1n) is 8.38. The molecule has 0 radical (unpaired) electrons. The van der Waals surface area contributed by atoms with Gasteiger partial charge in [0.2, 0.25) is 5.91 Å². The van der Waals surface area contributed by atoms with Gasteiger partial charge < -0.3 is 15.4 Å². The Morgan fingerprint density at radius 2 is 2.09 bits per heavy atom. The Morgan fingerprint density at radius 1 is 1.27 bits per heavy atom. The average Bonchev–Trinajstić information content (AvgIpc) is 3.22. The highest BCUT2D eigenvalue weighted by Crippen LogP contribution is 2.32. The van der Waals surface area contributed by atoms with Gasteiger partial charge in [0.25, 0.3) is 0 Å². The SMILES string of the molecule is NC[C@@H]1CN(C(=O)CCC2CCOC2)C[C@H]1c1ccccc1. The van der Waals surface area contributed by atoms with Crippen LogP contribution in [0.1, 0.15) is 30.7 Å². The van der Waals surface area contributed by atoms with Crippen molar-refractivity contribution >= 4 is 5.91 Å². The van der Waals surface area contributed by atoms with E-state index in [0.717, 1.165) is 39.1 Å². The predicted octanol–water partition coefficient (Wildman–Crippen LogP) is 2.00. The molecule has 0 saturated carbocycles. The molecule has 2 aliphatic heterocycles. The van der Waals surface area contributed by atoms with Gasteiger partial charge in [0.15, 0.2) is 0 Å². The Labute approximate surface area is 132 Å². The highest BCUT2D eigenvalue weighted by molar-refractivity contribution is 5.76. The van der Waals surface area contributed by atoms with Gasteiger partial charge in [0.05, 0.1) is 0 Å². The van der Waals surface area contributed by atoms with Gasteiger partial charge in [-0.1, -0.05) is 30.3 Å². The molecule has 1 aromatic carbocycles. The fraction of sp³-hybridized carbons (Fsp3) is 0.611. The maximum absolute atomic E-state index is 12.5. The second kappa shape index (κ2) is 7.25. The number of likely N-dealkylation sites (tertiary alicyclic amines) is 1. The number of nitrogens with zero attached hydrogens (tertiary/aromatic N) is 1. The van der Waals surface area contributed by atoms with E-state index in [-0.39, 0.29) is 5.91 Å². The molecule has 0 bridgehead atoms. The first-order chi connectivity index (χ1) is 10.8. The maximum Gasteiger partial charge on any atom is 0.222 e. The minimum Gasteiger partial charge on any atom is -0.381 e. The van der Waals surface area contributed by atoms with E-state index in [9.17, 15) is 4.79 Å². The highest BCUT2D eigenvalue weighted by atomic mass is 16.5. The van der Waals surface area contributed by atoms with Crippen molar-refractivity contribution in [1.29, 1.82) is 0 Å². The fourth-order valence-corrected chi connectivity index (χ4v) is 3.69. The summed E-state index contributed by atoms with van der Waals surface area (Å²) in [4.78, 5) is 14.5. The lowest BCUT2D eigenvalue weighted by Crippen LogP contribution is -2.30. The lowest BCUT2D eigenvalue weighted by atomic mass is 9.89. The second-order valence-corrected chi connectivity index (χ2v) is 6.58. The molecule has 3 atom stereocenters. The van der Waals surface area contributed by atoms with Gasteiger partial charge in [-0.15, -0.1) is 0 Å². The van der Waals surface area contributed by atoms with Gasteiger partial charge in [-0.05, 0) is 36.8 Å². The van der Waals surface area contributed by atoms with E-state index >= 15 is 0 Å². The molecule has 4 nitrogen and oxygen atoms in total. The Balaban J connectivity index is 1.57. The molecular weight excluding hydrogens is 276 g/mol. The van der Waals surface area contributed by atoms with E-state index in [1.54, 1.807) is 0 Å². The quantitative estimate of drug-likeness (QED) is 0.905. The molecule has 2 N–H and O–H groups in total. The highest BCUT2D eigenvalue weighted by Gasteiger charge is 2.35. The molecular formula is C18H26N2O2. The van der Waals surface area contributed by atoms with Crippen LogP contribution in [0.3, 0.4) is 0 Å². The first kappa shape index (κ1) is 15.5. The number of carbonyl (C=O) groups excluding carboxylic acids is 1. The van der Waals surface area contributed by atoms with Crippen LogP contribution in [-0.2, 0) is 9.53 Å². The van der Waals surface area contributed by atoms with Crippen LogP contribution in [0.25, 0.3) is 0 Å². The van der Waals surface area contributed by atoms with Gasteiger partial charge >= 0.3 is 0 Å². The van der Waals surface area contributed by atoms with Crippen molar-refractivity contribution < 1.29 is 9.53 Å². The summed E-state index contributed by atoms with van der Waals surface area (Å²) in [6.45, 7) is 3.93. The summed E-state index contributed by atoms with van der Waals surface area (Å²) in [5, 5.41) is 0. The number of carbonyl (C=O) groups is 1. The Morgan fingerprint density at radius 3 is 2.77 bits per heavy atom. The third kappa shape index (κ3) is 3.50. The van der Waals surface area contributed by atoms with Crippen molar-refractivity contribution in [3.05, 3.63) is 35.9 Å². The molecule has 0 aliphatic carbocycles. The van der Waals surface area contributed by atoms with Gasteiger partial charge in [-0.2, -0.15) is 0 Å². The zero-order valence-corrected chi connectivity index (χ0v) is 13.1. The number of benzene rings is 1. The van der Waals surface area contributed by atoms with E-state index in [4.69, 9.17) is 10.5 Å². The summed E-state index contributed by atoms with van der Waals surface area (Å²) in [5.74, 6) is 1.61. The molecule has 1 unspecified atom stereocenters. The number of rotatable bonds is 5. The molecule has 2 saturated heterocycles. The molecule has 2 heterocycles. The standard InChI is InChI=1S/C18H26N2O2/c19-10-16-11-20(12-17(16)15-4-2-1-3-5-15)18(21)7-6-14-8-9-22-13-14/h1-5,14,16-17H,6-13,19H2/t14?,16-,17+/m1/s1. The minimum atomic E-state index is 0.281. The van der Waals surface area contributed by atoms with Crippen LogP contribution < -0.4 is 5.73 Å². The molecule has 22 heavy (non-hydrogen) atoms. The summed E-state index contributed by atoms with van der Waals surface area (Å²) < 4.78 is 5.38. The third-order valence-electron chi connectivity index (χ3n) is 5.11. The third-order valence-corrected chi connectivity index (χ3v) is 5.11. The second-order valence-electron chi connectivity index (χ2n) is 6.58. The van der Waals surface area contributed by atoms with Crippen LogP contribution in [-0.4, -0.2) is 43.7 Å². The summed E-state index contributed by atoms with van der Waals surface area (Å²) in [6, 6.07) is 10.5. The maximum atomic E-state index is 12.5.